The monoisotopic (exact) mass is 259 g/mol. The standard InChI is InChI=1S/C9H13N3O2S2/c13-8(14)5-16-9-11-10-6-12(9)7-2-1-3-15-4-7/h6-7H,1-5H2,(H,13,14). The van der Waals surface area contributed by atoms with E-state index in [1.165, 1.54) is 23.9 Å². The molecule has 0 saturated carbocycles. The van der Waals surface area contributed by atoms with E-state index < -0.39 is 5.97 Å². The van der Waals surface area contributed by atoms with Crippen LogP contribution in [0.2, 0.25) is 0 Å². The summed E-state index contributed by atoms with van der Waals surface area (Å²) in [6, 6.07) is 0.421. The van der Waals surface area contributed by atoms with Crippen LogP contribution in [-0.2, 0) is 4.79 Å². The predicted octanol–water partition coefficient (Wildman–Crippen LogP) is 1.52. The molecule has 1 aliphatic heterocycles. The molecule has 1 aliphatic rings. The number of hydrogen-bond donors (Lipinski definition) is 1. The Kier molecular flexibility index (Phi) is 4.11. The lowest BCUT2D eigenvalue weighted by Gasteiger charge is -2.23. The van der Waals surface area contributed by atoms with Gasteiger partial charge in [-0.1, -0.05) is 11.8 Å². The fraction of sp³-hybridized carbons (Fsp3) is 0.667. The minimum absolute atomic E-state index is 0.0402. The Morgan fingerprint density at radius 2 is 2.62 bits per heavy atom. The molecule has 2 rings (SSSR count). The highest BCUT2D eigenvalue weighted by Gasteiger charge is 2.19. The number of carbonyl (C=O) groups is 1. The van der Waals surface area contributed by atoms with Crippen LogP contribution in [0.4, 0.5) is 0 Å². The molecule has 1 N–H and O–H groups in total. The largest absolute Gasteiger partial charge is 0.481 e. The van der Waals surface area contributed by atoms with Crippen molar-refractivity contribution in [2.24, 2.45) is 0 Å². The summed E-state index contributed by atoms with van der Waals surface area (Å²) in [5.74, 6) is 1.51. The molecule has 1 saturated heterocycles. The van der Waals surface area contributed by atoms with E-state index >= 15 is 0 Å². The number of aromatic nitrogens is 3. The fourth-order valence-corrected chi connectivity index (χ4v) is 3.49. The first-order valence-electron chi connectivity index (χ1n) is 5.09. The molecule has 0 amide bonds. The Balaban J connectivity index is 2.02. The number of hydrogen-bond acceptors (Lipinski definition) is 5. The van der Waals surface area contributed by atoms with Crippen molar-refractivity contribution in [2.45, 2.75) is 24.0 Å². The summed E-state index contributed by atoms with van der Waals surface area (Å²) in [5, 5.41) is 17.2. The maximum Gasteiger partial charge on any atom is 0.313 e. The molecule has 16 heavy (non-hydrogen) atoms. The average molecular weight is 259 g/mol. The third-order valence-corrected chi connectivity index (χ3v) is 4.53. The zero-order valence-electron chi connectivity index (χ0n) is 8.70. The fourth-order valence-electron chi connectivity index (χ4n) is 1.66. The van der Waals surface area contributed by atoms with E-state index in [0.29, 0.717) is 6.04 Å². The van der Waals surface area contributed by atoms with Crippen molar-refractivity contribution in [3.8, 4) is 0 Å². The summed E-state index contributed by atoms with van der Waals surface area (Å²) in [6.07, 6.45) is 4.04. The lowest BCUT2D eigenvalue weighted by Crippen LogP contribution is -2.16. The molecule has 1 unspecified atom stereocenters. The second kappa shape index (κ2) is 5.58. The number of nitrogens with zero attached hydrogens (tertiary/aromatic N) is 3. The van der Waals surface area contributed by atoms with Gasteiger partial charge in [-0.3, -0.25) is 4.79 Å². The van der Waals surface area contributed by atoms with Gasteiger partial charge in [0.05, 0.1) is 5.75 Å². The summed E-state index contributed by atoms with van der Waals surface area (Å²) >= 11 is 3.17. The number of carboxylic acid groups (broad SMARTS) is 1. The Morgan fingerprint density at radius 3 is 3.31 bits per heavy atom. The van der Waals surface area contributed by atoms with E-state index in [2.05, 4.69) is 10.2 Å². The van der Waals surface area contributed by atoms with Gasteiger partial charge in [0.25, 0.3) is 0 Å². The molecule has 0 aromatic carbocycles. The van der Waals surface area contributed by atoms with Gasteiger partial charge in [0.2, 0.25) is 0 Å². The lowest BCUT2D eigenvalue weighted by atomic mass is 10.2. The van der Waals surface area contributed by atoms with E-state index in [-0.39, 0.29) is 5.75 Å². The Hall–Kier alpha value is -0.690. The maximum atomic E-state index is 10.5. The van der Waals surface area contributed by atoms with Gasteiger partial charge >= 0.3 is 5.97 Å². The van der Waals surface area contributed by atoms with Crippen LogP contribution in [0.1, 0.15) is 18.9 Å². The van der Waals surface area contributed by atoms with Crippen molar-refractivity contribution < 1.29 is 9.90 Å². The van der Waals surface area contributed by atoms with Gasteiger partial charge in [0, 0.05) is 11.8 Å². The van der Waals surface area contributed by atoms with Gasteiger partial charge in [0.1, 0.15) is 6.33 Å². The quantitative estimate of drug-likeness (QED) is 0.827. The first-order chi connectivity index (χ1) is 7.77. The lowest BCUT2D eigenvalue weighted by molar-refractivity contribution is -0.133. The minimum Gasteiger partial charge on any atom is -0.481 e. The molecule has 1 aromatic rings. The number of thioether (sulfide) groups is 2. The Labute approximate surface area is 102 Å². The van der Waals surface area contributed by atoms with Gasteiger partial charge in [-0.15, -0.1) is 10.2 Å². The van der Waals surface area contributed by atoms with E-state index in [9.17, 15) is 4.79 Å². The molecule has 2 heterocycles. The molecule has 1 aromatic heterocycles. The third kappa shape index (κ3) is 2.91. The molecule has 5 nitrogen and oxygen atoms in total. The Bertz CT molecular complexity index is 363. The zero-order chi connectivity index (χ0) is 11.4. The molecular weight excluding hydrogens is 246 g/mol. The molecule has 0 radical (unpaired) electrons. The summed E-state index contributed by atoms with van der Waals surface area (Å²) < 4.78 is 2.01. The Morgan fingerprint density at radius 1 is 1.75 bits per heavy atom. The summed E-state index contributed by atoms with van der Waals surface area (Å²) in [5.41, 5.74) is 0. The molecule has 7 heteroatoms. The van der Waals surface area contributed by atoms with Crippen molar-refractivity contribution >= 4 is 29.5 Å². The molecule has 1 atom stereocenters. The van der Waals surface area contributed by atoms with Crippen LogP contribution in [0.5, 0.6) is 0 Å². The topological polar surface area (TPSA) is 68.0 Å². The molecule has 0 spiro atoms. The smallest absolute Gasteiger partial charge is 0.313 e. The first kappa shape index (κ1) is 11.8. The summed E-state index contributed by atoms with van der Waals surface area (Å²) in [4.78, 5) is 10.5. The highest BCUT2D eigenvalue weighted by Crippen LogP contribution is 2.29. The van der Waals surface area contributed by atoms with Crippen molar-refractivity contribution in [3.63, 3.8) is 0 Å². The van der Waals surface area contributed by atoms with E-state index in [1.54, 1.807) is 6.33 Å². The predicted molar refractivity (Wildman–Crippen MR) is 64.0 cm³/mol. The van der Waals surface area contributed by atoms with Crippen LogP contribution >= 0.6 is 23.5 Å². The maximum absolute atomic E-state index is 10.5. The highest BCUT2D eigenvalue weighted by molar-refractivity contribution is 7.99. The van der Waals surface area contributed by atoms with Gasteiger partial charge in [-0.2, -0.15) is 11.8 Å². The average Bonchev–Trinajstić information content (AvgIpc) is 2.75. The van der Waals surface area contributed by atoms with Gasteiger partial charge < -0.3 is 9.67 Å². The molecular formula is C9H13N3O2S2. The molecule has 0 bridgehead atoms. The van der Waals surface area contributed by atoms with E-state index in [4.69, 9.17) is 5.11 Å². The van der Waals surface area contributed by atoms with Gasteiger partial charge in [-0.25, -0.2) is 0 Å². The van der Waals surface area contributed by atoms with E-state index in [1.807, 2.05) is 16.3 Å². The van der Waals surface area contributed by atoms with Gasteiger partial charge in [-0.05, 0) is 18.6 Å². The van der Waals surface area contributed by atoms with Crippen molar-refractivity contribution in [3.05, 3.63) is 6.33 Å². The first-order valence-corrected chi connectivity index (χ1v) is 7.23. The molecule has 88 valence electrons. The van der Waals surface area contributed by atoms with Crippen molar-refractivity contribution in [1.82, 2.24) is 14.8 Å². The van der Waals surface area contributed by atoms with Crippen molar-refractivity contribution in [2.75, 3.05) is 17.3 Å². The summed E-state index contributed by atoms with van der Waals surface area (Å²) in [7, 11) is 0. The normalized spacial score (nSPS) is 20.9. The minimum atomic E-state index is -0.822. The second-order valence-corrected chi connectivity index (χ2v) is 5.67. The third-order valence-electron chi connectivity index (χ3n) is 2.39. The number of aliphatic carboxylic acids is 1. The zero-order valence-corrected chi connectivity index (χ0v) is 10.3. The summed E-state index contributed by atoms with van der Waals surface area (Å²) in [6.45, 7) is 0. The van der Waals surface area contributed by atoms with Crippen molar-refractivity contribution in [1.29, 1.82) is 0 Å². The van der Waals surface area contributed by atoms with Crippen LogP contribution in [0.15, 0.2) is 11.5 Å². The molecule has 0 aliphatic carbocycles. The van der Waals surface area contributed by atoms with Crippen LogP contribution in [0.25, 0.3) is 0 Å². The van der Waals surface area contributed by atoms with Crippen LogP contribution < -0.4 is 0 Å². The van der Waals surface area contributed by atoms with E-state index in [0.717, 1.165) is 17.3 Å². The molecule has 1 fully saturated rings. The van der Waals surface area contributed by atoms with Gasteiger partial charge in [0.15, 0.2) is 5.16 Å². The van der Waals surface area contributed by atoms with Crippen LogP contribution in [0.3, 0.4) is 0 Å². The van der Waals surface area contributed by atoms with Crippen LogP contribution in [0, 0.1) is 0 Å². The van der Waals surface area contributed by atoms with Crippen LogP contribution in [-0.4, -0.2) is 43.1 Å². The SMILES string of the molecule is O=C(O)CSc1nncn1C1CCCSC1. The highest BCUT2D eigenvalue weighted by atomic mass is 32.2. The number of rotatable bonds is 4. The number of carboxylic acids is 1. The second-order valence-electron chi connectivity index (χ2n) is 3.57.